The Kier molecular flexibility index (Phi) is 11.5. The molecule has 3 heterocycles. The van der Waals surface area contributed by atoms with Crippen molar-refractivity contribution in [2.45, 2.75) is 52.7 Å². The molecule has 0 spiro atoms. The van der Waals surface area contributed by atoms with E-state index in [2.05, 4.69) is 50.8 Å². The largest absolute Gasteiger partial charge is 0.372 e. The van der Waals surface area contributed by atoms with Gasteiger partial charge in [-0.1, -0.05) is 30.3 Å². The Balaban J connectivity index is 0.000000297. The summed E-state index contributed by atoms with van der Waals surface area (Å²) in [6.45, 7) is 9.07. The number of ketones is 1. The Labute approximate surface area is 264 Å². The van der Waals surface area contributed by atoms with Crippen LogP contribution in [0.15, 0.2) is 73.2 Å². The van der Waals surface area contributed by atoms with Crippen LogP contribution in [0.4, 0.5) is 11.6 Å². The fourth-order valence-electron chi connectivity index (χ4n) is 4.74. The second-order valence-corrected chi connectivity index (χ2v) is 11.3. The molecule has 5 rings (SSSR count). The molecule has 1 aliphatic rings. The quantitative estimate of drug-likeness (QED) is 0.254. The van der Waals surface area contributed by atoms with Crippen molar-refractivity contribution < 1.29 is 19.1 Å². The molecular formula is C34H41N7O4. The summed E-state index contributed by atoms with van der Waals surface area (Å²) in [5.41, 5.74) is 5.61. The molecule has 45 heavy (non-hydrogen) atoms. The Morgan fingerprint density at radius 1 is 1.07 bits per heavy atom. The molecular weight excluding hydrogens is 570 g/mol. The van der Waals surface area contributed by atoms with E-state index in [1.807, 2.05) is 44.1 Å². The zero-order valence-electron chi connectivity index (χ0n) is 26.5. The predicted molar refractivity (Wildman–Crippen MR) is 173 cm³/mol. The highest BCUT2D eigenvalue weighted by molar-refractivity contribution is 5.96. The fourth-order valence-corrected chi connectivity index (χ4v) is 4.74. The number of likely N-dealkylation sites (tertiary alicyclic amines) is 1. The smallest absolute Gasteiger partial charge is 0.251 e. The van der Waals surface area contributed by atoms with Crippen LogP contribution < -0.4 is 10.6 Å². The van der Waals surface area contributed by atoms with Gasteiger partial charge >= 0.3 is 0 Å². The van der Waals surface area contributed by atoms with Crippen LogP contribution >= 0.6 is 0 Å². The molecule has 0 bridgehead atoms. The number of carbonyl (C=O) groups is 3. The van der Waals surface area contributed by atoms with Gasteiger partial charge in [0.1, 0.15) is 5.78 Å². The summed E-state index contributed by atoms with van der Waals surface area (Å²) in [5, 5.41) is 9.83. The number of ether oxygens (including phenoxy) is 1. The topological polar surface area (TPSA) is 131 Å². The maximum Gasteiger partial charge on any atom is 0.251 e. The lowest BCUT2D eigenvalue weighted by Gasteiger charge is -2.40. The average Bonchev–Trinajstić information content (AvgIpc) is 3.41. The summed E-state index contributed by atoms with van der Waals surface area (Å²) >= 11 is 0. The predicted octanol–water partition coefficient (Wildman–Crippen LogP) is 4.50. The second kappa shape index (κ2) is 15.7. The number of hydrogen-bond acceptors (Lipinski definition) is 8. The van der Waals surface area contributed by atoms with Gasteiger partial charge in [-0.15, -0.1) is 0 Å². The number of carbonyl (C=O) groups excluding carboxylic acids is 3. The summed E-state index contributed by atoms with van der Waals surface area (Å²) < 4.78 is 7.45. The Morgan fingerprint density at radius 3 is 2.47 bits per heavy atom. The van der Waals surface area contributed by atoms with Crippen LogP contribution in [0.2, 0.25) is 0 Å². The van der Waals surface area contributed by atoms with Crippen molar-refractivity contribution in [1.29, 1.82) is 0 Å². The number of anilines is 2. The number of aryl methyl sites for hydroxylation is 3. The van der Waals surface area contributed by atoms with Gasteiger partial charge in [-0.05, 0) is 69.5 Å². The molecule has 2 aromatic heterocycles. The first-order valence-electron chi connectivity index (χ1n) is 15.0. The fraction of sp³-hybridized carbons (Fsp3) is 0.353. The van der Waals surface area contributed by atoms with Gasteiger partial charge in [-0.3, -0.25) is 19.1 Å². The first kappa shape index (κ1) is 33.0. The van der Waals surface area contributed by atoms with Gasteiger partial charge in [0.2, 0.25) is 11.9 Å². The van der Waals surface area contributed by atoms with E-state index >= 15 is 0 Å². The van der Waals surface area contributed by atoms with E-state index < -0.39 is 0 Å². The van der Waals surface area contributed by atoms with Crippen molar-refractivity contribution in [2.75, 3.05) is 25.0 Å². The highest BCUT2D eigenvalue weighted by atomic mass is 16.5. The Hall–Kier alpha value is -4.90. The minimum absolute atomic E-state index is 0.0516. The van der Waals surface area contributed by atoms with Crippen molar-refractivity contribution in [1.82, 2.24) is 30.0 Å². The number of nitrogens with one attached hydrogen (secondary N) is 2. The van der Waals surface area contributed by atoms with Gasteiger partial charge in [0.25, 0.3) is 5.91 Å². The molecule has 11 nitrogen and oxygen atoms in total. The Bertz CT molecular complexity index is 1600. The molecule has 0 atom stereocenters. The van der Waals surface area contributed by atoms with Crippen LogP contribution in [0.25, 0.3) is 11.3 Å². The molecule has 1 saturated heterocycles. The molecule has 0 aliphatic carbocycles. The van der Waals surface area contributed by atoms with E-state index in [-0.39, 0.29) is 36.4 Å². The lowest BCUT2D eigenvalue weighted by Crippen LogP contribution is -2.55. The molecule has 11 heteroatoms. The highest BCUT2D eigenvalue weighted by Gasteiger charge is 2.31. The van der Waals surface area contributed by atoms with E-state index in [0.717, 1.165) is 28.9 Å². The van der Waals surface area contributed by atoms with Crippen LogP contribution in [0.1, 0.15) is 48.7 Å². The zero-order chi connectivity index (χ0) is 32.3. The molecule has 2 N–H and O–H groups in total. The number of rotatable bonds is 11. The van der Waals surface area contributed by atoms with E-state index in [1.54, 1.807) is 41.3 Å². The maximum atomic E-state index is 12.5. The van der Waals surface area contributed by atoms with Crippen molar-refractivity contribution in [3.63, 3.8) is 0 Å². The Morgan fingerprint density at radius 2 is 1.82 bits per heavy atom. The van der Waals surface area contributed by atoms with E-state index in [9.17, 15) is 14.4 Å². The van der Waals surface area contributed by atoms with Gasteiger partial charge < -0.3 is 20.3 Å². The third kappa shape index (κ3) is 10.1. The maximum absolute atomic E-state index is 12.5. The second-order valence-electron chi connectivity index (χ2n) is 11.3. The third-order valence-corrected chi connectivity index (χ3v) is 7.06. The molecule has 2 aromatic carbocycles. The summed E-state index contributed by atoms with van der Waals surface area (Å²) in [6.07, 6.45) is 6.98. The summed E-state index contributed by atoms with van der Waals surface area (Å²) in [6, 6.07) is 17.0. The first-order valence-corrected chi connectivity index (χ1v) is 15.0. The zero-order valence-corrected chi connectivity index (χ0v) is 26.5. The van der Waals surface area contributed by atoms with Crippen molar-refractivity contribution >= 4 is 29.2 Å². The van der Waals surface area contributed by atoms with Crippen molar-refractivity contribution in [2.24, 2.45) is 7.05 Å². The van der Waals surface area contributed by atoms with Gasteiger partial charge in [-0.25, -0.2) is 9.97 Å². The monoisotopic (exact) mass is 611 g/mol. The van der Waals surface area contributed by atoms with Crippen LogP contribution in [-0.2, 0) is 27.8 Å². The van der Waals surface area contributed by atoms with Crippen LogP contribution in [0, 0.1) is 6.92 Å². The molecule has 236 valence electrons. The molecule has 4 aromatic rings. The minimum Gasteiger partial charge on any atom is -0.372 e. The van der Waals surface area contributed by atoms with Gasteiger partial charge in [0, 0.05) is 50.1 Å². The van der Waals surface area contributed by atoms with E-state index in [1.165, 1.54) is 12.5 Å². The minimum atomic E-state index is -0.212. The van der Waals surface area contributed by atoms with Crippen molar-refractivity contribution in [3.05, 3.63) is 89.9 Å². The lowest BCUT2D eigenvalue weighted by molar-refractivity contribution is -0.148. The van der Waals surface area contributed by atoms with Gasteiger partial charge in [0.15, 0.2) is 0 Å². The number of hydrogen-bond donors (Lipinski definition) is 2. The molecule has 1 fully saturated rings. The van der Waals surface area contributed by atoms with Gasteiger partial charge in [0.05, 0.1) is 36.3 Å². The average molecular weight is 612 g/mol. The highest BCUT2D eigenvalue weighted by Crippen LogP contribution is 2.24. The summed E-state index contributed by atoms with van der Waals surface area (Å²) in [7, 11) is 1.86. The molecule has 2 amide bonds. The number of benzene rings is 2. The number of Topliss-reactive ketones (excluding diaryl/α,β-unsaturated/α-hetero) is 1. The van der Waals surface area contributed by atoms with Crippen molar-refractivity contribution in [3.8, 4) is 11.3 Å². The SMILES string of the molecule is CC(=O)CNC(=O)c1ccccc1.Cc1cc(-c2ccnc(Nc3cnn(C)c3)n2)ccc1CCC(=O)N1CC(OC(C)C)C1. The number of aromatic nitrogens is 4. The number of nitrogens with zero attached hydrogens (tertiary/aromatic N) is 5. The normalized spacial score (nSPS) is 12.6. The molecule has 0 radical (unpaired) electrons. The van der Waals surface area contributed by atoms with E-state index in [4.69, 9.17) is 4.74 Å². The first-order chi connectivity index (χ1) is 21.6. The van der Waals surface area contributed by atoms with Crippen LogP contribution in [0.3, 0.4) is 0 Å². The molecule has 0 saturated carbocycles. The van der Waals surface area contributed by atoms with Gasteiger partial charge in [-0.2, -0.15) is 5.10 Å². The number of amides is 2. The standard InChI is InChI=1S/C24H30N6O2.C10H11NO2/c1-16(2)32-21-14-30(15-21)23(31)8-7-18-5-6-19(11-17(18)3)22-9-10-25-24(28-22)27-20-12-26-29(4)13-20;1-8(12)7-11-10(13)9-5-3-2-4-6-9/h5-6,9-13,16,21H,7-8,14-15H2,1-4H3,(H,25,27,28);2-6H,7H2,1H3,(H,11,13). The lowest BCUT2D eigenvalue weighted by atomic mass is 9.99. The molecule has 1 aliphatic heterocycles. The van der Waals surface area contributed by atoms with Crippen LogP contribution in [0.5, 0.6) is 0 Å². The summed E-state index contributed by atoms with van der Waals surface area (Å²) in [5.74, 6) is 0.455. The van der Waals surface area contributed by atoms with Crippen LogP contribution in [-0.4, -0.2) is 74.1 Å². The van der Waals surface area contributed by atoms with E-state index in [0.29, 0.717) is 31.0 Å². The summed E-state index contributed by atoms with van der Waals surface area (Å²) in [4.78, 5) is 45.1. The molecule has 0 unspecified atom stereocenters. The third-order valence-electron chi connectivity index (χ3n) is 7.06.